The van der Waals surface area contributed by atoms with Crippen LogP contribution in [0.5, 0.6) is 11.5 Å². The molecule has 0 N–H and O–H groups in total. The lowest BCUT2D eigenvalue weighted by Crippen LogP contribution is -2.06. The molecule has 3 rings (SSSR count). The van der Waals surface area contributed by atoms with Gasteiger partial charge in [-0.1, -0.05) is 12.1 Å². The Labute approximate surface area is 138 Å². The first kappa shape index (κ1) is 15.7. The highest BCUT2D eigenvalue weighted by Crippen LogP contribution is 2.26. The van der Waals surface area contributed by atoms with E-state index in [-0.39, 0.29) is 17.4 Å². The monoisotopic (exact) mass is 327 g/mol. The first-order valence-electron chi connectivity index (χ1n) is 7.10. The van der Waals surface area contributed by atoms with Crippen LogP contribution in [0.25, 0.3) is 6.08 Å². The normalized spacial score (nSPS) is 15.2. The van der Waals surface area contributed by atoms with Crippen molar-refractivity contribution in [3.8, 4) is 11.5 Å². The van der Waals surface area contributed by atoms with E-state index in [1.54, 1.807) is 30.3 Å². The number of benzene rings is 2. The molecule has 0 bridgehead atoms. The van der Waals surface area contributed by atoms with Crippen LogP contribution in [-0.4, -0.2) is 26.1 Å². The zero-order chi connectivity index (χ0) is 17.1. The van der Waals surface area contributed by atoms with Gasteiger partial charge in [0.1, 0.15) is 17.3 Å². The lowest BCUT2D eigenvalue weighted by Gasteiger charge is -2.07. The van der Waals surface area contributed by atoms with Crippen LogP contribution in [0.15, 0.2) is 53.2 Å². The number of rotatable bonds is 4. The summed E-state index contributed by atoms with van der Waals surface area (Å²) in [6, 6.07) is 10.8. The van der Waals surface area contributed by atoms with E-state index in [9.17, 15) is 9.18 Å². The van der Waals surface area contributed by atoms with Crippen molar-refractivity contribution in [3.05, 3.63) is 65.1 Å². The van der Waals surface area contributed by atoms with E-state index in [0.717, 1.165) is 0 Å². The predicted octanol–water partition coefficient (Wildman–Crippen LogP) is 3.19. The van der Waals surface area contributed by atoms with Crippen LogP contribution in [-0.2, 0) is 9.53 Å². The third-order valence-electron chi connectivity index (χ3n) is 3.39. The fourth-order valence-electron chi connectivity index (χ4n) is 2.18. The minimum absolute atomic E-state index is 0.137. The van der Waals surface area contributed by atoms with Crippen molar-refractivity contribution in [2.24, 2.45) is 4.99 Å². The van der Waals surface area contributed by atoms with Crippen LogP contribution < -0.4 is 9.47 Å². The largest absolute Gasteiger partial charge is 0.497 e. The molecular formula is C18H14FNO4. The molecule has 2 aromatic rings. The van der Waals surface area contributed by atoms with Crippen molar-refractivity contribution in [2.75, 3.05) is 14.2 Å². The molecule has 24 heavy (non-hydrogen) atoms. The van der Waals surface area contributed by atoms with Crippen LogP contribution in [0.1, 0.15) is 11.1 Å². The van der Waals surface area contributed by atoms with Crippen LogP contribution in [0.2, 0.25) is 0 Å². The molecule has 0 aliphatic carbocycles. The summed E-state index contributed by atoms with van der Waals surface area (Å²) < 4.78 is 28.5. The van der Waals surface area contributed by atoms with Crippen molar-refractivity contribution in [2.45, 2.75) is 0 Å². The van der Waals surface area contributed by atoms with E-state index >= 15 is 0 Å². The van der Waals surface area contributed by atoms with Gasteiger partial charge >= 0.3 is 5.97 Å². The molecule has 0 atom stereocenters. The molecule has 5 nitrogen and oxygen atoms in total. The number of hydrogen-bond donors (Lipinski definition) is 0. The van der Waals surface area contributed by atoms with Gasteiger partial charge in [-0.15, -0.1) is 0 Å². The van der Waals surface area contributed by atoms with Crippen molar-refractivity contribution in [1.82, 2.24) is 0 Å². The summed E-state index contributed by atoms with van der Waals surface area (Å²) in [5.74, 6) is 0.346. The smallest absolute Gasteiger partial charge is 0.363 e. The number of aliphatic imine (C=N–C) groups is 1. The maximum atomic E-state index is 12.9. The number of nitrogens with zero attached hydrogens (tertiary/aromatic N) is 1. The van der Waals surface area contributed by atoms with Crippen molar-refractivity contribution in [3.63, 3.8) is 0 Å². The summed E-state index contributed by atoms with van der Waals surface area (Å²) in [6.45, 7) is 0. The van der Waals surface area contributed by atoms with E-state index in [1.807, 2.05) is 0 Å². The van der Waals surface area contributed by atoms with Gasteiger partial charge < -0.3 is 14.2 Å². The van der Waals surface area contributed by atoms with Gasteiger partial charge in [0, 0.05) is 11.6 Å². The molecule has 0 radical (unpaired) electrons. The number of esters is 1. The second kappa shape index (κ2) is 6.54. The number of ether oxygens (including phenoxy) is 3. The molecule has 1 aliphatic rings. The molecule has 0 unspecified atom stereocenters. The minimum atomic E-state index is -0.573. The second-order valence-electron chi connectivity index (χ2n) is 4.99. The van der Waals surface area contributed by atoms with Gasteiger partial charge in [-0.3, -0.25) is 0 Å². The van der Waals surface area contributed by atoms with Gasteiger partial charge in [0.25, 0.3) is 0 Å². The minimum Gasteiger partial charge on any atom is -0.497 e. The van der Waals surface area contributed by atoms with Crippen LogP contribution >= 0.6 is 0 Å². The zero-order valence-electron chi connectivity index (χ0n) is 13.1. The standard InChI is InChI=1S/C18H14FNO4/c1-22-14-8-12(9-15(10-14)23-2)17-20-16(18(21)24-17)7-11-3-5-13(19)6-4-11/h3-10H,1-2H3/b16-7+. The maximum absolute atomic E-state index is 12.9. The molecule has 0 spiro atoms. The third kappa shape index (κ3) is 3.27. The number of cyclic esters (lactones) is 1. The van der Waals surface area contributed by atoms with E-state index in [4.69, 9.17) is 14.2 Å². The van der Waals surface area contributed by atoms with Gasteiger partial charge in [0.15, 0.2) is 5.70 Å². The fraction of sp³-hybridized carbons (Fsp3) is 0.111. The number of carbonyl (C=O) groups excluding carboxylic acids is 1. The Balaban J connectivity index is 1.95. The number of hydrogen-bond acceptors (Lipinski definition) is 5. The molecule has 6 heteroatoms. The van der Waals surface area contributed by atoms with Gasteiger partial charge in [0.05, 0.1) is 14.2 Å². The van der Waals surface area contributed by atoms with Crippen LogP contribution in [0.3, 0.4) is 0 Å². The van der Waals surface area contributed by atoms with Crippen molar-refractivity contribution in [1.29, 1.82) is 0 Å². The molecule has 0 saturated heterocycles. The van der Waals surface area contributed by atoms with Gasteiger partial charge in [-0.25, -0.2) is 14.2 Å². The summed E-state index contributed by atoms with van der Waals surface area (Å²) in [6.07, 6.45) is 1.53. The molecule has 2 aromatic carbocycles. The van der Waals surface area contributed by atoms with Gasteiger partial charge in [-0.2, -0.15) is 0 Å². The molecule has 0 saturated carbocycles. The quantitative estimate of drug-likeness (QED) is 0.639. The summed E-state index contributed by atoms with van der Waals surface area (Å²) in [5.41, 5.74) is 1.34. The highest BCUT2D eigenvalue weighted by Gasteiger charge is 2.25. The molecule has 0 aromatic heterocycles. The van der Waals surface area contributed by atoms with Gasteiger partial charge in [0.2, 0.25) is 5.90 Å². The number of halogens is 1. The number of methoxy groups -OCH3 is 2. The lowest BCUT2D eigenvalue weighted by molar-refractivity contribution is -0.129. The summed E-state index contributed by atoms with van der Waals surface area (Å²) in [5, 5.41) is 0. The Hall–Kier alpha value is -3.15. The SMILES string of the molecule is COc1cc(OC)cc(C2=N/C(=C/c3ccc(F)cc3)C(=O)O2)c1. The van der Waals surface area contributed by atoms with Crippen molar-refractivity contribution < 1.29 is 23.4 Å². The highest BCUT2D eigenvalue weighted by atomic mass is 19.1. The van der Waals surface area contributed by atoms with Crippen LogP contribution in [0, 0.1) is 5.82 Å². The first-order chi connectivity index (χ1) is 11.6. The van der Waals surface area contributed by atoms with Crippen LogP contribution in [0.4, 0.5) is 4.39 Å². The fourth-order valence-corrected chi connectivity index (χ4v) is 2.18. The highest BCUT2D eigenvalue weighted by molar-refractivity contribution is 6.13. The Bertz CT molecular complexity index is 818. The number of carbonyl (C=O) groups is 1. The second-order valence-corrected chi connectivity index (χ2v) is 4.99. The summed E-state index contributed by atoms with van der Waals surface area (Å²) in [7, 11) is 3.06. The zero-order valence-corrected chi connectivity index (χ0v) is 13.1. The van der Waals surface area contributed by atoms with Crippen molar-refractivity contribution >= 4 is 17.9 Å². The Morgan fingerprint density at radius 2 is 1.67 bits per heavy atom. The average molecular weight is 327 g/mol. The van der Waals surface area contributed by atoms with E-state index in [0.29, 0.717) is 22.6 Å². The molecule has 1 aliphatic heterocycles. The Kier molecular flexibility index (Phi) is 4.29. The van der Waals surface area contributed by atoms with E-state index < -0.39 is 5.97 Å². The Morgan fingerprint density at radius 1 is 1.04 bits per heavy atom. The third-order valence-corrected chi connectivity index (χ3v) is 3.39. The first-order valence-corrected chi connectivity index (χ1v) is 7.10. The van der Waals surface area contributed by atoms with E-state index in [2.05, 4.69) is 4.99 Å². The molecule has 122 valence electrons. The molecule has 1 heterocycles. The molecule has 0 fully saturated rings. The molecule has 0 amide bonds. The van der Waals surface area contributed by atoms with Gasteiger partial charge in [-0.05, 0) is 35.9 Å². The lowest BCUT2D eigenvalue weighted by atomic mass is 10.2. The summed E-state index contributed by atoms with van der Waals surface area (Å²) in [4.78, 5) is 16.2. The Morgan fingerprint density at radius 3 is 2.25 bits per heavy atom. The molecular weight excluding hydrogens is 313 g/mol. The predicted molar refractivity (Wildman–Crippen MR) is 86.6 cm³/mol. The summed E-state index contributed by atoms with van der Waals surface area (Å²) >= 11 is 0. The topological polar surface area (TPSA) is 57.1 Å². The average Bonchev–Trinajstić information content (AvgIpc) is 2.97. The van der Waals surface area contributed by atoms with E-state index in [1.165, 1.54) is 32.4 Å². The maximum Gasteiger partial charge on any atom is 0.363 e.